The van der Waals surface area contributed by atoms with Gasteiger partial charge in [0.25, 0.3) is 0 Å². The lowest BCUT2D eigenvalue weighted by molar-refractivity contribution is -0.135. The number of carbonyl (C=O) groups excluding carboxylic acids is 1. The maximum Gasteiger partial charge on any atom is 0.222 e. The summed E-state index contributed by atoms with van der Waals surface area (Å²) in [6.07, 6.45) is 1.33. The quantitative estimate of drug-likeness (QED) is 0.865. The number of nitrogens with two attached hydrogens (primary N) is 1. The SMILES string of the molecule is Cc1cc(C2C(N)CCC(=O)N2C)ccc1Br. The van der Waals surface area contributed by atoms with Crippen LogP contribution in [0.2, 0.25) is 0 Å². The van der Waals surface area contributed by atoms with Gasteiger partial charge in [-0.3, -0.25) is 4.79 Å². The van der Waals surface area contributed by atoms with Crippen molar-refractivity contribution in [2.24, 2.45) is 5.73 Å². The number of benzene rings is 1. The van der Waals surface area contributed by atoms with Crippen molar-refractivity contribution >= 4 is 21.8 Å². The smallest absolute Gasteiger partial charge is 0.222 e. The van der Waals surface area contributed by atoms with E-state index in [2.05, 4.69) is 22.0 Å². The Morgan fingerprint density at radius 2 is 2.18 bits per heavy atom. The highest BCUT2D eigenvalue weighted by Crippen LogP contribution is 2.31. The van der Waals surface area contributed by atoms with Gasteiger partial charge in [-0.15, -0.1) is 0 Å². The largest absolute Gasteiger partial charge is 0.337 e. The fraction of sp³-hybridized carbons (Fsp3) is 0.462. The molecule has 3 nitrogen and oxygen atoms in total. The van der Waals surface area contributed by atoms with Gasteiger partial charge in [-0.25, -0.2) is 0 Å². The molecule has 1 heterocycles. The molecule has 1 saturated heterocycles. The van der Waals surface area contributed by atoms with Gasteiger partial charge in [0.05, 0.1) is 6.04 Å². The summed E-state index contributed by atoms with van der Waals surface area (Å²) < 4.78 is 1.08. The second-order valence-electron chi connectivity index (χ2n) is 4.66. The van der Waals surface area contributed by atoms with Crippen LogP contribution in [0.1, 0.15) is 30.0 Å². The Kier molecular flexibility index (Phi) is 3.54. The van der Waals surface area contributed by atoms with E-state index in [0.29, 0.717) is 6.42 Å². The maximum absolute atomic E-state index is 11.7. The van der Waals surface area contributed by atoms with Gasteiger partial charge in [-0.05, 0) is 30.5 Å². The minimum absolute atomic E-state index is 0.00282. The molecule has 2 rings (SSSR count). The monoisotopic (exact) mass is 296 g/mol. The van der Waals surface area contributed by atoms with Crippen LogP contribution in [0.5, 0.6) is 0 Å². The van der Waals surface area contributed by atoms with Crippen LogP contribution in [-0.2, 0) is 4.79 Å². The Labute approximate surface area is 110 Å². The zero-order valence-electron chi connectivity index (χ0n) is 10.1. The zero-order valence-corrected chi connectivity index (χ0v) is 11.7. The van der Waals surface area contributed by atoms with Gasteiger partial charge in [-0.2, -0.15) is 0 Å². The number of likely N-dealkylation sites (N-methyl/N-ethyl adjacent to an activating group) is 1. The molecule has 1 amide bonds. The summed E-state index contributed by atoms with van der Waals surface area (Å²) in [6, 6.07) is 6.19. The molecule has 1 aromatic carbocycles. The van der Waals surface area contributed by atoms with Gasteiger partial charge in [-0.1, -0.05) is 28.1 Å². The standard InChI is InChI=1S/C13H17BrN2O/c1-8-7-9(3-4-10(8)14)13-11(15)5-6-12(17)16(13)2/h3-4,7,11,13H,5-6,15H2,1-2H3. The Hall–Kier alpha value is -0.870. The fourth-order valence-electron chi connectivity index (χ4n) is 2.39. The molecule has 0 saturated carbocycles. The van der Waals surface area contributed by atoms with E-state index in [9.17, 15) is 4.79 Å². The highest BCUT2D eigenvalue weighted by Gasteiger charge is 2.32. The second kappa shape index (κ2) is 4.78. The van der Waals surface area contributed by atoms with Crippen LogP contribution in [0, 0.1) is 6.92 Å². The van der Waals surface area contributed by atoms with E-state index in [-0.39, 0.29) is 18.0 Å². The molecule has 92 valence electrons. The minimum Gasteiger partial charge on any atom is -0.337 e. The van der Waals surface area contributed by atoms with E-state index >= 15 is 0 Å². The average molecular weight is 297 g/mol. The topological polar surface area (TPSA) is 46.3 Å². The molecule has 0 radical (unpaired) electrons. The van der Waals surface area contributed by atoms with E-state index in [0.717, 1.165) is 16.5 Å². The third-order valence-corrected chi connectivity index (χ3v) is 4.32. The number of piperidine rings is 1. The molecule has 1 fully saturated rings. The molecular formula is C13H17BrN2O. The van der Waals surface area contributed by atoms with E-state index < -0.39 is 0 Å². The molecule has 4 heteroatoms. The summed E-state index contributed by atoms with van der Waals surface area (Å²) >= 11 is 3.48. The van der Waals surface area contributed by atoms with Crippen LogP contribution in [-0.4, -0.2) is 23.9 Å². The van der Waals surface area contributed by atoms with Crippen LogP contribution in [0.4, 0.5) is 0 Å². The lowest BCUT2D eigenvalue weighted by Crippen LogP contribution is -2.46. The van der Waals surface area contributed by atoms with E-state index in [4.69, 9.17) is 5.73 Å². The number of likely N-dealkylation sites (tertiary alicyclic amines) is 1. The Morgan fingerprint density at radius 3 is 2.82 bits per heavy atom. The number of nitrogens with zero attached hydrogens (tertiary/aromatic N) is 1. The van der Waals surface area contributed by atoms with Crippen LogP contribution in [0.15, 0.2) is 22.7 Å². The summed E-state index contributed by atoms with van der Waals surface area (Å²) in [6.45, 7) is 2.05. The Balaban J connectivity index is 2.36. The van der Waals surface area contributed by atoms with E-state index in [1.54, 1.807) is 4.90 Å². The summed E-state index contributed by atoms with van der Waals surface area (Å²) in [5, 5.41) is 0. The van der Waals surface area contributed by atoms with Crippen LogP contribution in [0.3, 0.4) is 0 Å². The first kappa shape index (κ1) is 12.6. The number of carbonyl (C=O) groups is 1. The Morgan fingerprint density at radius 1 is 1.47 bits per heavy atom. The number of halogens is 1. The lowest BCUT2D eigenvalue weighted by atomic mass is 9.90. The van der Waals surface area contributed by atoms with E-state index in [1.807, 2.05) is 26.1 Å². The normalized spacial score (nSPS) is 25.2. The first-order valence-electron chi connectivity index (χ1n) is 5.78. The average Bonchev–Trinajstić information content (AvgIpc) is 2.29. The van der Waals surface area contributed by atoms with Gasteiger partial charge in [0.2, 0.25) is 5.91 Å². The fourth-order valence-corrected chi connectivity index (χ4v) is 2.64. The third kappa shape index (κ3) is 2.38. The second-order valence-corrected chi connectivity index (χ2v) is 5.51. The van der Waals surface area contributed by atoms with Gasteiger partial charge in [0.15, 0.2) is 0 Å². The molecule has 2 N–H and O–H groups in total. The summed E-state index contributed by atoms with van der Waals surface area (Å²) in [5.74, 6) is 0.178. The third-order valence-electron chi connectivity index (χ3n) is 3.43. The van der Waals surface area contributed by atoms with E-state index in [1.165, 1.54) is 5.56 Å². The molecule has 1 aliphatic heterocycles. The number of rotatable bonds is 1. The number of amides is 1. The van der Waals surface area contributed by atoms with Crippen molar-refractivity contribution in [2.75, 3.05) is 7.05 Å². The van der Waals surface area contributed by atoms with Crippen molar-refractivity contribution in [1.82, 2.24) is 4.90 Å². The van der Waals surface area contributed by atoms with Crippen molar-refractivity contribution in [2.45, 2.75) is 31.8 Å². The number of hydrogen-bond acceptors (Lipinski definition) is 2. The van der Waals surface area contributed by atoms with Crippen LogP contribution in [0.25, 0.3) is 0 Å². The molecule has 1 aromatic rings. The highest BCUT2D eigenvalue weighted by atomic mass is 79.9. The number of hydrogen-bond donors (Lipinski definition) is 1. The number of aryl methyl sites for hydroxylation is 1. The van der Waals surface area contributed by atoms with Crippen molar-refractivity contribution < 1.29 is 4.79 Å². The van der Waals surface area contributed by atoms with Gasteiger partial charge >= 0.3 is 0 Å². The highest BCUT2D eigenvalue weighted by molar-refractivity contribution is 9.10. The molecule has 17 heavy (non-hydrogen) atoms. The molecule has 0 aromatic heterocycles. The summed E-state index contributed by atoms with van der Waals surface area (Å²) in [4.78, 5) is 13.5. The molecule has 1 aliphatic rings. The minimum atomic E-state index is 0.00282. The molecule has 0 spiro atoms. The molecule has 2 unspecified atom stereocenters. The van der Waals surface area contributed by atoms with Crippen LogP contribution < -0.4 is 5.73 Å². The van der Waals surface area contributed by atoms with Crippen molar-refractivity contribution in [3.63, 3.8) is 0 Å². The van der Waals surface area contributed by atoms with Gasteiger partial charge in [0, 0.05) is 24.0 Å². The first-order valence-corrected chi connectivity index (χ1v) is 6.57. The molecule has 0 bridgehead atoms. The predicted molar refractivity (Wildman–Crippen MR) is 71.6 cm³/mol. The maximum atomic E-state index is 11.7. The van der Waals surface area contributed by atoms with Crippen molar-refractivity contribution in [3.05, 3.63) is 33.8 Å². The first-order chi connectivity index (χ1) is 8.00. The van der Waals surface area contributed by atoms with Crippen LogP contribution >= 0.6 is 15.9 Å². The summed E-state index contributed by atoms with van der Waals surface area (Å²) in [7, 11) is 1.84. The predicted octanol–water partition coefficient (Wildman–Crippen LogP) is 2.38. The molecule has 0 aliphatic carbocycles. The van der Waals surface area contributed by atoms with Gasteiger partial charge in [0.1, 0.15) is 0 Å². The summed E-state index contributed by atoms with van der Waals surface area (Å²) in [5.41, 5.74) is 8.43. The van der Waals surface area contributed by atoms with Crippen molar-refractivity contribution in [3.8, 4) is 0 Å². The lowest BCUT2D eigenvalue weighted by Gasteiger charge is -2.37. The zero-order chi connectivity index (χ0) is 12.6. The molecular weight excluding hydrogens is 280 g/mol. The van der Waals surface area contributed by atoms with Crippen molar-refractivity contribution in [1.29, 1.82) is 0 Å². The molecule has 2 atom stereocenters. The Bertz CT molecular complexity index is 447. The van der Waals surface area contributed by atoms with Gasteiger partial charge < -0.3 is 10.6 Å².